The predicted molar refractivity (Wildman–Crippen MR) is 125 cm³/mol. The van der Waals surface area contributed by atoms with Crippen LogP contribution < -0.4 is 5.32 Å². The standard InChI is InChI=1S/C22H37N3O2S2/c1-6-24(7-2)12-8-10-17(5)23-21(26)18-15-29-20(14-16(3)4)25(18)22(27)19-11-9-13-28-19/h9,11,13,16-18,20H,6-8,10,12,14-15H2,1-5H3,(H,23,26). The average Bonchev–Trinajstić information content (AvgIpc) is 3.34. The molecule has 0 bridgehead atoms. The van der Waals surface area contributed by atoms with Crippen LogP contribution in [0.5, 0.6) is 0 Å². The Kier molecular flexibility index (Phi) is 9.99. The van der Waals surface area contributed by atoms with Crippen LogP contribution in [0.25, 0.3) is 0 Å². The molecule has 3 unspecified atom stereocenters. The van der Waals surface area contributed by atoms with Gasteiger partial charge < -0.3 is 15.1 Å². The summed E-state index contributed by atoms with van der Waals surface area (Å²) in [7, 11) is 0. The van der Waals surface area contributed by atoms with E-state index >= 15 is 0 Å². The van der Waals surface area contributed by atoms with E-state index in [2.05, 4.69) is 44.8 Å². The third kappa shape index (κ3) is 7.00. The number of thioether (sulfide) groups is 1. The van der Waals surface area contributed by atoms with Gasteiger partial charge in [-0.25, -0.2) is 0 Å². The van der Waals surface area contributed by atoms with Crippen molar-refractivity contribution in [3.05, 3.63) is 22.4 Å². The molecule has 2 rings (SSSR count). The van der Waals surface area contributed by atoms with Gasteiger partial charge in [0, 0.05) is 11.8 Å². The molecule has 0 aliphatic carbocycles. The Morgan fingerprint density at radius 3 is 2.59 bits per heavy atom. The van der Waals surface area contributed by atoms with E-state index in [4.69, 9.17) is 0 Å². The molecular formula is C22H37N3O2S2. The normalized spacial score (nSPS) is 20.4. The van der Waals surface area contributed by atoms with Gasteiger partial charge in [0.05, 0.1) is 10.3 Å². The van der Waals surface area contributed by atoms with Crippen LogP contribution in [0.3, 0.4) is 0 Å². The maximum absolute atomic E-state index is 13.2. The lowest BCUT2D eigenvalue weighted by Crippen LogP contribution is -2.51. The van der Waals surface area contributed by atoms with Crippen molar-refractivity contribution in [1.82, 2.24) is 15.1 Å². The van der Waals surface area contributed by atoms with Gasteiger partial charge in [-0.2, -0.15) is 0 Å². The summed E-state index contributed by atoms with van der Waals surface area (Å²) in [5.41, 5.74) is 0. The van der Waals surface area contributed by atoms with E-state index in [9.17, 15) is 9.59 Å². The van der Waals surface area contributed by atoms with E-state index in [0.717, 1.165) is 38.9 Å². The van der Waals surface area contributed by atoms with Crippen molar-refractivity contribution in [2.45, 2.75) is 71.3 Å². The maximum atomic E-state index is 13.2. The van der Waals surface area contributed by atoms with Crippen LogP contribution in [0.15, 0.2) is 17.5 Å². The molecule has 1 aliphatic rings. The van der Waals surface area contributed by atoms with E-state index in [1.807, 2.05) is 22.4 Å². The molecule has 1 fully saturated rings. The minimum Gasteiger partial charge on any atom is -0.352 e. The summed E-state index contributed by atoms with van der Waals surface area (Å²) in [6.45, 7) is 13.9. The largest absolute Gasteiger partial charge is 0.352 e. The first-order valence-electron chi connectivity index (χ1n) is 10.9. The van der Waals surface area contributed by atoms with Crippen LogP contribution in [0.1, 0.15) is 63.6 Å². The Hall–Kier alpha value is -1.05. The quantitative estimate of drug-likeness (QED) is 0.558. The summed E-state index contributed by atoms with van der Waals surface area (Å²) in [6.07, 6.45) is 2.93. The van der Waals surface area contributed by atoms with Crippen molar-refractivity contribution < 1.29 is 9.59 Å². The Morgan fingerprint density at radius 2 is 2.00 bits per heavy atom. The highest BCUT2D eigenvalue weighted by molar-refractivity contribution is 8.00. The molecule has 1 saturated heterocycles. The molecule has 164 valence electrons. The van der Waals surface area contributed by atoms with Crippen LogP contribution in [0, 0.1) is 5.92 Å². The van der Waals surface area contributed by atoms with E-state index in [1.54, 1.807) is 11.8 Å². The number of hydrogen-bond donors (Lipinski definition) is 1. The zero-order valence-corrected chi connectivity index (χ0v) is 20.2. The number of nitrogens with zero attached hydrogens (tertiary/aromatic N) is 2. The summed E-state index contributed by atoms with van der Waals surface area (Å²) in [5, 5.41) is 5.16. The number of amides is 2. The van der Waals surface area contributed by atoms with Crippen molar-refractivity contribution >= 4 is 34.9 Å². The van der Waals surface area contributed by atoms with E-state index < -0.39 is 0 Å². The molecule has 0 spiro atoms. The molecule has 1 aliphatic heterocycles. The minimum absolute atomic E-state index is 0.00927. The first-order valence-corrected chi connectivity index (χ1v) is 12.8. The van der Waals surface area contributed by atoms with E-state index in [-0.39, 0.29) is 29.3 Å². The summed E-state index contributed by atoms with van der Waals surface area (Å²) in [4.78, 5) is 31.2. The average molecular weight is 440 g/mol. The third-order valence-electron chi connectivity index (χ3n) is 5.43. The van der Waals surface area contributed by atoms with Crippen molar-refractivity contribution in [3.8, 4) is 0 Å². The Balaban J connectivity index is 1.98. The summed E-state index contributed by atoms with van der Waals surface area (Å²) in [6, 6.07) is 3.48. The van der Waals surface area contributed by atoms with Gasteiger partial charge in [-0.15, -0.1) is 23.1 Å². The Labute approximate surface area is 184 Å². The summed E-state index contributed by atoms with van der Waals surface area (Å²) < 4.78 is 0. The molecule has 1 aromatic heterocycles. The molecule has 5 nitrogen and oxygen atoms in total. The Morgan fingerprint density at radius 1 is 1.28 bits per heavy atom. The maximum Gasteiger partial charge on any atom is 0.265 e. The van der Waals surface area contributed by atoms with Crippen molar-refractivity contribution in [1.29, 1.82) is 0 Å². The van der Waals surface area contributed by atoms with E-state index in [1.165, 1.54) is 11.3 Å². The fourth-order valence-corrected chi connectivity index (χ4v) is 6.03. The number of nitrogens with one attached hydrogen (secondary N) is 1. The monoisotopic (exact) mass is 439 g/mol. The van der Waals surface area contributed by atoms with Gasteiger partial charge in [0.2, 0.25) is 5.91 Å². The van der Waals surface area contributed by atoms with Crippen molar-refractivity contribution in [2.75, 3.05) is 25.4 Å². The van der Waals surface area contributed by atoms with Crippen molar-refractivity contribution in [2.24, 2.45) is 5.92 Å². The third-order valence-corrected chi connectivity index (χ3v) is 7.60. The van der Waals surface area contributed by atoms with Gasteiger partial charge >= 0.3 is 0 Å². The number of carbonyl (C=O) groups excluding carboxylic acids is 2. The molecular weight excluding hydrogens is 402 g/mol. The molecule has 3 atom stereocenters. The van der Waals surface area contributed by atoms with Gasteiger partial charge in [-0.05, 0) is 63.2 Å². The Bertz CT molecular complexity index is 632. The zero-order chi connectivity index (χ0) is 21.4. The second kappa shape index (κ2) is 12.0. The number of hydrogen-bond acceptors (Lipinski definition) is 5. The lowest BCUT2D eigenvalue weighted by Gasteiger charge is -2.30. The molecule has 1 N–H and O–H groups in total. The predicted octanol–water partition coefficient (Wildman–Crippen LogP) is 4.30. The van der Waals surface area contributed by atoms with E-state index in [0.29, 0.717) is 16.5 Å². The van der Waals surface area contributed by atoms with Gasteiger partial charge in [-0.3, -0.25) is 9.59 Å². The second-order valence-electron chi connectivity index (χ2n) is 8.20. The number of thiophene rings is 1. The molecule has 29 heavy (non-hydrogen) atoms. The molecule has 2 heterocycles. The molecule has 0 saturated carbocycles. The topological polar surface area (TPSA) is 52.7 Å². The SMILES string of the molecule is CCN(CC)CCCC(C)NC(=O)C1CSC(CC(C)C)N1C(=O)c1cccs1. The summed E-state index contributed by atoms with van der Waals surface area (Å²) >= 11 is 3.19. The first kappa shape index (κ1) is 24.2. The minimum atomic E-state index is -0.386. The fourth-order valence-electron chi connectivity index (χ4n) is 3.72. The highest BCUT2D eigenvalue weighted by atomic mass is 32.2. The second-order valence-corrected chi connectivity index (χ2v) is 10.4. The van der Waals surface area contributed by atoms with Crippen molar-refractivity contribution in [3.63, 3.8) is 0 Å². The highest BCUT2D eigenvalue weighted by Gasteiger charge is 2.42. The number of rotatable bonds is 11. The van der Waals surface area contributed by atoms with Crippen LogP contribution in [-0.4, -0.2) is 64.5 Å². The lowest BCUT2D eigenvalue weighted by atomic mass is 10.1. The van der Waals surface area contributed by atoms with Gasteiger partial charge in [-0.1, -0.05) is 33.8 Å². The molecule has 2 amide bonds. The van der Waals surface area contributed by atoms with Gasteiger partial charge in [0.1, 0.15) is 6.04 Å². The number of carbonyl (C=O) groups is 2. The van der Waals surface area contributed by atoms with Crippen LogP contribution in [0.4, 0.5) is 0 Å². The van der Waals surface area contributed by atoms with Crippen LogP contribution in [-0.2, 0) is 4.79 Å². The summed E-state index contributed by atoms with van der Waals surface area (Å²) in [5.74, 6) is 1.13. The lowest BCUT2D eigenvalue weighted by molar-refractivity contribution is -0.125. The van der Waals surface area contributed by atoms with Gasteiger partial charge in [0.15, 0.2) is 0 Å². The zero-order valence-electron chi connectivity index (χ0n) is 18.5. The van der Waals surface area contributed by atoms with Crippen LogP contribution >= 0.6 is 23.1 Å². The van der Waals surface area contributed by atoms with Crippen LogP contribution in [0.2, 0.25) is 0 Å². The van der Waals surface area contributed by atoms with Gasteiger partial charge in [0.25, 0.3) is 5.91 Å². The highest BCUT2D eigenvalue weighted by Crippen LogP contribution is 2.35. The smallest absolute Gasteiger partial charge is 0.265 e. The molecule has 1 aromatic rings. The molecule has 0 radical (unpaired) electrons. The first-order chi connectivity index (χ1) is 13.9. The molecule has 0 aromatic carbocycles. The molecule has 7 heteroatoms. The fraction of sp³-hybridized carbons (Fsp3) is 0.727.